The van der Waals surface area contributed by atoms with Crippen LogP contribution in [0.5, 0.6) is 0 Å². The molecule has 3 heteroatoms. The Balaban J connectivity index is 2.17. The molecular formula is C16H21NOS. The minimum absolute atomic E-state index is 0.352. The lowest BCUT2D eigenvalue weighted by Crippen LogP contribution is -2.26. The Morgan fingerprint density at radius 3 is 2.47 bits per heavy atom. The Bertz CT molecular complexity index is 494. The van der Waals surface area contributed by atoms with Crippen LogP contribution >= 0.6 is 11.8 Å². The summed E-state index contributed by atoms with van der Waals surface area (Å²) in [5.74, 6) is 1.01. The predicted molar refractivity (Wildman–Crippen MR) is 81.6 cm³/mol. The van der Waals surface area contributed by atoms with Crippen molar-refractivity contribution in [2.45, 2.75) is 36.5 Å². The van der Waals surface area contributed by atoms with Crippen LogP contribution in [-0.4, -0.2) is 12.3 Å². The van der Waals surface area contributed by atoms with Gasteiger partial charge in [-0.1, -0.05) is 37.3 Å². The van der Waals surface area contributed by atoms with Crippen LogP contribution in [-0.2, 0) is 0 Å². The van der Waals surface area contributed by atoms with Crippen LogP contribution in [0, 0.1) is 6.92 Å². The van der Waals surface area contributed by atoms with E-state index in [-0.39, 0.29) is 0 Å². The molecule has 102 valence electrons. The van der Waals surface area contributed by atoms with Gasteiger partial charge in [-0.2, -0.15) is 0 Å². The monoisotopic (exact) mass is 275 g/mol. The summed E-state index contributed by atoms with van der Waals surface area (Å²) in [6.45, 7) is 4.26. The molecule has 2 nitrogen and oxygen atoms in total. The van der Waals surface area contributed by atoms with Crippen LogP contribution in [0.4, 0.5) is 0 Å². The highest BCUT2D eigenvalue weighted by Crippen LogP contribution is 2.36. The van der Waals surface area contributed by atoms with E-state index in [1.165, 1.54) is 10.5 Å². The molecule has 0 fully saturated rings. The largest absolute Gasteiger partial charge is 0.468 e. The summed E-state index contributed by atoms with van der Waals surface area (Å²) in [5.41, 5.74) is 1.34. The molecule has 0 spiro atoms. The van der Waals surface area contributed by atoms with Crippen LogP contribution in [0.15, 0.2) is 52.0 Å². The smallest absolute Gasteiger partial charge is 0.114 e. The number of benzene rings is 1. The van der Waals surface area contributed by atoms with Gasteiger partial charge in [0, 0.05) is 16.2 Å². The van der Waals surface area contributed by atoms with E-state index in [9.17, 15) is 0 Å². The summed E-state index contributed by atoms with van der Waals surface area (Å²) in [7, 11) is 2.03. The Morgan fingerprint density at radius 2 is 1.95 bits per heavy atom. The van der Waals surface area contributed by atoms with E-state index in [1.807, 2.05) is 25.7 Å². The van der Waals surface area contributed by atoms with E-state index in [0.29, 0.717) is 11.3 Å². The van der Waals surface area contributed by atoms with Gasteiger partial charge >= 0.3 is 0 Å². The third kappa shape index (κ3) is 3.43. The highest BCUT2D eigenvalue weighted by molar-refractivity contribution is 8.00. The molecule has 0 saturated heterocycles. The molecule has 0 amide bonds. The van der Waals surface area contributed by atoms with Gasteiger partial charge in [-0.15, -0.1) is 11.8 Å². The lowest BCUT2D eigenvalue weighted by molar-refractivity contribution is 0.525. The average molecular weight is 275 g/mol. The van der Waals surface area contributed by atoms with Crippen molar-refractivity contribution in [2.75, 3.05) is 7.05 Å². The molecule has 0 aliphatic carbocycles. The fourth-order valence-electron chi connectivity index (χ4n) is 2.27. The summed E-state index contributed by atoms with van der Waals surface area (Å²) in [4.78, 5) is 1.24. The second-order valence-electron chi connectivity index (χ2n) is 4.58. The first-order valence-electron chi connectivity index (χ1n) is 6.69. The Hall–Kier alpha value is -1.19. The summed E-state index contributed by atoms with van der Waals surface area (Å²) < 4.78 is 5.39. The van der Waals surface area contributed by atoms with E-state index in [0.717, 1.165) is 12.2 Å². The molecule has 0 aliphatic heterocycles. The molecule has 0 radical (unpaired) electrons. The second kappa shape index (κ2) is 6.83. The summed E-state index contributed by atoms with van der Waals surface area (Å²) in [5, 5.41) is 3.94. The second-order valence-corrected chi connectivity index (χ2v) is 5.86. The van der Waals surface area contributed by atoms with Gasteiger partial charge in [-0.05, 0) is 32.0 Å². The number of aryl methyl sites for hydroxylation is 1. The van der Waals surface area contributed by atoms with Crippen molar-refractivity contribution in [3.8, 4) is 0 Å². The minimum Gasteiger partial charge on any atom is -0.468 e. The lowest BCUT2D eigenvalue weighted by atomic mass is 10.0. The third-order valence-electron chi connectivity index (χ3n) is 3.33. The molecular weight excluding hydrogens is 254 g/mol. The summed E-state index contributed by atoms with van der Waals surface area (Å²) >= 11 is 1.89. The van der Waals surface area contributed by atoms with Crippen molar-refractivity contribution in [3.63, 3.8) is 0 Å². The number of thioether (sulfide) groups is 1. The van der Waals surface area contributed by atoms with E-state index in [4.69, 9.17) is 4.42 Å². The molecule has 2 aromatic rings. The first kappa shape index (κ1) is 14.2. The number of furan rings is 1. The highest BCUT2D eigenvalue weighted by atomic mass is 32.2. The number of rotatable bonds is 6. The van der Waals surface area contributed by atoms with Crippen molar-refractivity contribution < 1.29 is 4.42 Å². The third-order valence-corrected chi connectivity index (χ3v) is 4.92. The van der Waals surface area contributed by atoms with E-state index >= 15 is 0 Å². The van der Waals surface area contributed by atoms with Gasteiger partial charge in [0.1, 0.15) is 5.76 Å². The molecule has 1 aromatic heterocycles. The van der Waals surface area contributed by atoms with Crippen molar-refractivity contribution in [1.29, 1.82) is 0 Å². The van der Waals surface area contributed by atoms with E-state index in [2.05, 4.69) is 48.6 Å². The molecule has 2 unspecified atom stereocenters. The zero-order valence-electron chi connectivity index (χ0n) is 11.7. The van der Waals surface area contributed by atoms with E-state index in [1.54, 1.807) is 6.26 Å². The molecule has 19 heavy (non-hydrogen) atoms. The van der Waals surface area contributed by atoms with Crippen molar-refractivity contribution in [3.05, 3.63) is 54.0 Å². The molecule has 1 aromatic carbocycles. The van der Waals surface area contributed by atoms with Gasteiger partial charge in [0.05, 0.1) is 6.26 Å². The predicted octanol–water partition coefficient (Wildman–Crippen LogP) is 4.42. The van der Waals surface area contributed by atoms with Crippen molar-refractivity contribution in [2.24, 2.45) is 0 Å². The molecule has 1 heterocycles. The molecule has 0 saturated carbocycles. The minimum atomic E-state index is 0.352. The molecule has 0 bridgehead atoms. The van der Waals surface area contributed by atoms with Crippen molar-refractivity contribution in [1.82, 2.24) is 5.32 Å². The van der Waals surface area contributed by atoms with Gasteiger partial charge in [-0.25, -0.2) is 0 Å². The van der Waals surface area contributed by atoms with E-state index < -0.39 is 0 Å². The Morgan fingerprint density at radius 1 is 1.21 bits per heavy atom. The van der Waals surface area contributed by atoms with Gasteiger partial charge in [0.2, 0.25) is 0 Å². The van der Waals surface area contributed by atoms with Crippen LogP contribution in [0.3, 0.4) is 0 Å². The highest BCUT2D eigenvalue weighted by Gasteiger charge is 2.22. The molecule has 1 N–H and O–H groups in total. The first-order chi connectivity index (χ1) is 9.26. The topological polar surface area (TPSA) is 25.2 Å². The Labute approximate surface area is 119 Å². The number of hydrogen-bond acceptors (Lipinski definition) is 3. The zero-order valence-corrected chi connectivity index (χ0v) is 12.5. The average Bonchev–Trinajstić information content (AvgIpc) is 2.85. The quantitative estimate of drug-likeness (QED) is 0.790. The van der Waals surface area contributed by atoms with Crippen molar-refractivity contribution >= 4 is 11.8 Å². The maximum atomic E-state index is 5.39. The fourth-order valence-corrected chi connectivity index (χ4v) is 3.54. The van der Waals surface area contributed by atoms with Gasteiger partial charge in [0.25, 0.3) is 0 Å². The van der Waals surface area contributed by atoms with Crippen LogP contribution in [0.1, 0.15) is 30.7 Å². The zero-order chi connectivity index (χ0) is 13.7. The van der Waals surface area contributed by atoms with Crippen LogP contribution in [0.25, 0.3) is 0 Å². The van der Waals surface area contributed by atoms with Gasteiger partial charge in [-0.3, -0.25) is 0 Å². The molecule has 2 atom stereocenters. The van der Waals surface area contributed by atoms with Gasteiger partial charge < -0.3 is 9.73 Å². The summed E-state index contributed by atoms with van der Waals surface area (Å²) in [6.07, 6.45) is 2.87. The standard InChI is InChI=1S/C16H21NOS/c1-4-14(19-15-10-11-18-12(15)2)16(17-3)13-8-6-5-7-9-13/h5-11,14,16-17H,4H2,1-3H3. The fraction of sp³-hybridized carbons (Fsp3) is 0.375. The number of nitrogens with one attached hydrogen (secondary N) is 1. The normalized spacial score (nSPS) is 14.3. The maximum Gasteiger partial charge on any atom is 0.114 e. The lowest BCUT2D eigenvalue weighted by Gasteiger charge is -2.25. The van der Waals surface area contributed by atoms with Gasteiger partial charge in [0.15, 0.2) is 0 Å². The first-order valence-corrected chi connectivity index (χ1v) is 7.57. The summed E-state index contributed by atoms with van der Waals surface area (Å²) in [6, 6.07) is 13.0. The molecule has 0 aliphatic rings. The number of hydrogen-bond donors (Lipinski definition) is 1. The van der Waals surface area contributed by atoms with Crippen LogP contribution in [0.2, 0.25) is 0 Å². The van der Waals surface area contributed by atoms with Crippen LogP contribution < -0.4 is 5.32 Å². The Kier molecular flexibility index (Phi) is 5.11. The molecule has 2 rings (SSSR count). The maximum absolute atomic E-state index is 5.39. The SMILES string of the molecule is CCC(Sc1ccoc1C)C(NC)c1ccccc1.